The molecule has 0 aromatic carbocycles. The molecule has 0 bridgehead atoms. The fraction of sp³-hybridized carbons (Fsp3) is 1.00. The van der Waals surface area contributed by atoms with Gasteiger partial charge in [-0.05, 0) is 105 Å². The minimum Gasteiger partial charge on any atom is -0.394 e. The third kappa shape index (κ3) is 8.79. The standard InChI is InChI=1S/C46H78O19/c1-19(18-59-41-37(55)36(54)33(51)29(16-47)62-41)7-12-46(58-6)20(2)31-28(65-46)15-25-23-14-27(26-13-22(49)8-10-44(26,4)24(23)9-11-45(25,31)5)61-43-39(57)40(34(52)30(17-48)63-43)64-42-38(56)35(53)32(50)21(3)60-42/h19-43,47-57H,7-18H2,1-6H3. The molecule has 0 aromatic heterocycles. The normalized spacial score (nSPS) is 56.1. The van der Waals surface area contributed by atoms with Gasteiger partial charge < -0.3 is 94.1 Å². The van der Waals surface area contributed by atoms with Crippen LogP contribution >= 0.6 is 0 Å². The summed E-state index contributed by atoms with van der Waals surface area (Å²) in [5, 5.41) is 116. The van der Waals surface area contributed by atoms with Crippen molar-refractivity contribution in [2.75, 3.05) is 26.9 Å². The predicted octanol–water partition coefficient (Wildman–Crippen LogP) is -1.13. The molecule has 11 N–H and O–H groups in total. The van der Waals surface area contributed by atoms with Crippen LogP contribution in [0.2, 0.25) is 0 Å². The molecule has 8 rings (SSSR count). The van der Waals surface area contributed by atoms with Crippen LogP contribution in [0.1, 0.15) is 92.4 Å². The van der Waals surface area contributed by atoms with Gasteiger partial charge in [0.15, 0.2) is 24.7 Å². The number of ether oxygens (including phenoxy) is 8. The van der Waals surface area contributed by atoms with Gasteiger partial charge in [-0.1, -0.05) is 27.7 Å². The Morgan fingerprint density at radius 3 is 1.97 bits per heavy atom. The maximum Gasteiger partial charge on any atom is 0.187 e. The van der Waals surface area contributed by atoms with E-state index >= 15 is 0 Å². The topological polar surface area (TPSA) is 296 Å². The fourth-order valence-corrected chi connectivity index (χ4v) is 14.5. The van der Waals surface area contributed by atoms with Gasteiger partial charge >= 0.3 is 0 Å². The lowest BCUT2D eigenvalue weighted by atomic mass is 9.43. The third-order valence-corrected chi connectivity index (χ3v) is 18.3. The summed E-state index contributed by atoms with van der Waals surface area (Å²) in [6, 6.07) is 0. The lowest BCUT2D eigenvalue weighted by Gasteiger charge is -2.63. The van der Waals surface area contributed by atoms with E-state index in [1.165, 1.54) is 6.92 Å². The van der Waals surface area contributed by atoms with Crippen LogP contribution in [0, 0.1) is 52.3 Å². The first kappa shape index (κ1) is 50.6. The van der Waals surface area contributed by atoms with Crippen molar-refractivity contribution in [3.05, 3.63) is 0 Å². The first-order chi connectivity index (χ1) is 30.7. The quantitative estimate of drug-likeness (QED) is 0.0975. The van der Waals surface area contributed by atoms with Crippen molar-refractivity contribution >= 4 is 0 Å². The monoisotopic (exact) mass is 935 g/mol. The van der Waals surface area contributed by atoms with Gasteiger partial charge in [0.2, 0.25) is 0 Å². The Labute approximate surface area is 381 Å². The SMILES string of the molecule is COC1(CCC(C)COC2OC(CO)C(O)C(O)C2O)OC2CC3C4CC(OC5OC(CO)C(O)C(OC6OC(C)C(O)C(O)C6O)C5O)C5CC(O)CCC5(C)C4CCC3(C)C2C1C. The van der Waals surface area contributed by atoms with E-state index in [2.05, 4.69) is 20.8 Å². The lowest BCUT2D eigenvalue weighted by Crippen LogP contribution is -2.65. The molecule has 0 spiro atoms. The molecule has 8 fully saturated rings. The molecule has 19 heteroatoms. The zero-order chi connectivity index (χ0) is 47.1. The molecule has 65 heavy (non-hydrogen) atoms. The Balaban J connectivity index is 0.965. The molecule has 4 aliphatic carbocycles. The Morgan fingerprint density at radius 1 is 0.646 bits per heavy atom. The number of aliphatic hydroxyl groups excluding tert-OH is 11. The number of hydrogen-bond acceptors (Lipinski definition) is 19. The molecule has 4 heterocycles. The van der Waals surface area contributed by atoms with Crippen LogP contribution in [0.4, 0.5) is 0 Å². The summed E-state index contributed by atoms with van der Waals surface area (Å²) >= 11 is 0. The van der Waals surface area contributed by atoms with E-state index in [1.54, 1.807) is 7.11 Å². The van der Waals surface area contributed by atoms with Gasteiger partial charge in [-0.15, -0.1) is 0 Å². The summed E-state index contributed by atoms with van der Waals surface area (Å²) in [6.07, 6.45) is -15.5. The summed E-state index contributed by atoms with van der Waals surface area (Å²) in [4.78, 5) is 0. The molecule has 0 aromatic rings. The van der Waals surface area contributed by atoms with Crippen LogP contribution in [0.5, 0.6) is 0 Å². The zero-order valence-corrected chi connectivity index (χ0v) is 38.6. The first-order valence-electron chi connectivity index (χ1n) is 24.2. The molecule has 8 aliphatic rings. The Kier molecular flexibility index (Phi) is 15.1. The van der Waals surface area contributed by atoms with Gasteiger partial charge in [-0.3, -0.25) is 0 Å². The van der Waals surface area contributed by atoms with Gasteiger partial charge in [-0.25, -0.2) is 0 Å². The number of fused-ring (bicyclic) bond motifs is 7. The van der Waals surface area contributed by atoms with E-state index in [9.17, 15) is 56.2 Å². The van der Waals surface area contributed by atoms with Crippen LogP contribution < -0.4 is 0 Å². The van der Waals surface area contributed by atoms with Crippen molar-refractivity contribution in [2.24, 2.45) is 52.3 Å². The highest BCUT2D eigenvalue weighted by atomic mass is 16.7. The summed E-state index contributed by atoms with van der Waals surface area (Å²) in [5.74, 6) is 0.101. The highest BCUT2D eigenvalue weighted by molar-refractivity contribution is 5.16. The first-order valence-corrected chi connectivity index (χ1v) is 24.2. The molecule has 4 saturated heterocycles. The second-order valence-electron chi connectivity index (χ2n) is 21.8. The van der Waals surface area contributed by atoms with E-state index in [0.717, 1.165) is 25.7 Å². The molecule has 19 nitrogen and oxygen atoms in total. The van der Waals surface area contributed by atoms with Crippen molar-refractivity contribution in [3.63, 3.8) is 0 Å². The van der Waals surface area contributed by atoms with E-state index < -0.39 is 123 Å². The maximum atomic E-state index is 11.8. The van der Waals surface area contributed by atoms with E-state index in [4.69, 9.17) is 37.9 Å². The highest BCUT2D eigenvalue weighted by Crippen LogP contribution is 2.71. The third-order valence-electron chi connectivity index (χ3n) is 18.3. The Bertz CT molecular complexity index is 1600. The fourth-order valence-electron chi connectivity index (χ4n) is 14.5. The molecule has 4 aliphatic heterocycles. The number of methoxy groups -OCH3 is 1. The summed E-state index contributed by atoms with van der Waals surface area (Å²) < 4.78 is 49.3. The molecular formula is C46H78O19. The van der Waals surface area contributed by atoms with Crippen molar-refractivity contribution in [1.29, 1.82) is 0 Å². The number of hydrogen-bond donors (Lipinski definition) is 11. The van der Waals surface area contributed by atoms with Crippen LogP contribution in [-0.4, -0.2) is 199 Å². The Morgan fingerprint density at radius 2 is 1.28 bits per heavy atom. The zero-order valence-electron chi connectivity index (χ0n) is 38.6. The molecule has 4 saturated carbocycles. The van der Waals surface area contributed by atoms with E-state index in [1.807, 2.05) is 6.92 Å². The predicted molar refractivity (Wildman–Crippen MR) is 224 cm³/mol. The van der Waals surface area contributed by atoms with Crippen LogP contribution in [-0.2, 0) is 37.9 Å². The average Bonchev–Trinajstić information content (AvgIpc) is 3.74. The molecular weight excluding hydrogens is 856 g/mol. The van der Waals surface area contributed by atoms with Crippen molar-refractivity contribution in [3.8, 4) is 0 Å². The van der Waals surface area contributed by atoms with Crippen molar-refractivity contribution in [2.45, 2.75) is 209 Å². The molecule has 28 atom stereocenters. The number of aliphatic hydroxyl groups is 11. The minimum absolute atomic E-state index is 0.0199. The van der Waals surface area contributed by atoms with E-state index in [-0.39, 0.29) is 59.0 Å². The second-order valence-corrected chi connectivity index (χ2v) is 21.8. The summed E-state index contributed by atoms with van der Waals surface area (Å²) in [6.45, 7) is 9.47. The van der Waals surface area contributed by atoms with Gasteiger partial charge in [0, 0.05) is 19.4 Å². The highest BCUT2D eigenvalue weighted by Gasteiger charge is 2.70. The summed E-state index contributed by atoms with van der Waals surface area (Å²) in [7, 11) is 1.70. The lowest BCUT2D eigenvalue weighted by molar-refractivity contribution is -0.366. The molecule has 0 radical (unpaired) electrons. The molecule has 376 valence electrons. The number of rotatable bonds is 13. The average molecular weight is 935 g/mol. The van der Waals surface area contributed by atoms with Crippen LogP contribution in [0.25, 0.3) is 0 Å². The largest absolute Gasteiger partial charge is 0.394 e. The Hall–Kier alpha value is -0.760. The van der Waals surface area contributed by atoms with E-state index in [0.29, 0.717) is 38.0 Å². The molecule has 0 amide bonds. The van der Waals surface area contributed by atoms with Gasteiger partial charge in [0.05, 0.1) is 44.2 Å². The van der Waals surface area contributed by atoms with Crippen LogP contribution in [0.3, 0.4) is 0 Å². The minimum atomic E-state index is -1.70. The second kappa shape index (κ2) is 19.4. The van der Waals surface area contributed by atoms with Crippen molar-refractivity contribution in [1.82, 2.24) is 0 Å². The molecule has 28 unspecified atom stereocenters. The van der Waals surface area contributed by atoms with Gasteiger partial charge in [0.1, 0.15) is 67.1 Å². The van der Waals surface area contributed by atoms with Gasteiger partial charge in [0.25, 0.3) is 0 Å². The van der Waals surface area contributed by atoms with Crippen LogP contribution in [0.15, 0.2) is 0 Å². The smallest absolute Gasteiger partial charge is 0.187 e. The van der Waals surface area contributed by atoms with Gasteiger partial charge in [-0.2, -0.15) is 0 Å². The maximum absolute atomic E-state index is 11.8. The summed E-state index contributed by atoms with van der Waals surface area (Å²) in [5.41, 5.74) is -0.311. The van der Waals surface area contributed by atoms with Crippen molar-refractivity contribution < 1.29 is 94.1 Å².